The molecule has 0 spiro atoms. The van der Waals surface area contributed by atoms with E-state index in [1.54, 1.807) is 24.3 Å². The Bertz CT molecular complexity index is 1090. The molecule has 2 aromatic carbocycles. The molecule has 0 bridgehead atoms. The van der Waals surface area contributed by atoms with E-state index in [1.807, 2.05) is 6.07 Å². The second-order valence-electron chi connectivity index (χ2n) is 5.44. The van der Waals surface area contributed by atoms with Crippen LogP contribution in [0.2, 0.25) is 10.2 Å². The van der Waals surface area contributed by atoms with E-state index in [9.17, 15) is 9.59 Å². The minimum atomic E-state index is -0.711. The molecule has 0 unspecified atom stereocenters. The van der Waals surface area contributed by atoms with Gasteiger partial charge in [-0.15, -0.1) is 0 Å². The Hall–Kier alpha value is -3.14. The number of carbonyl (C=O) groups is 2. The van der Waals surface area contributed by atoms with E-state index in [4.69, 9.17) is 33.2 Å². The van der Waals surface area contributed by atoms with Crippen LogP contribution in [-0.2, 0) is 9.53 Å². The molecule has 1 amide bonds. The molecule has 0 radical (unpaired) electrons. The molecule has 1 N–H and O–H groups in total. The van der Waals surface area contributed by atoms with Crippen molar-refractivity contribution < 1.29 is 14.3 Å². The van der Waals surface area contributed by atoms with Crippen molar-refractivity contribution in [1.29, 1.82) is 5.26 Å². The average Bonchev–Trinajstić information content (AvgIpc) is 2.65. The summed E-state index contributed by atoms with van der Waals surface area (Å²) >= 11 is 11.8. The summed E-state index contributed by atoms with van der Waals surface area (Å²) in [5, 5.41) is 12.6. The molecule has 6 nitrogen and oxygen atoms in total. The zero-order valence-corrected chi connectivity index (χ0v) is 15.2. The summed E-state index contributed by atoms with van der Waals surface area (Å²) in [6.07, 6.45) is 0. The number of rotatable bonds is 4. The van der Waals surface area contributed by atoms with Gasteiger partial charge in [-0.05, 0) is 30.3 Å². The van der Waals surface area contributed by atoms with Gasteiger partial charge in [0, 0.05) is 10.4 Å². The Kier molecular flexibility index (Phi) is 5.55. The summed E-state index contributed by atoms with van der Waals surface area (Å²) < 4.78 is 5.08. The number of para-hydroxylation sites is 1. The number of pyridine rings is 1. The van der Waals surface area contributed by atoms with Crippen LogP contribution in [0.25, 0.3) is 10.9 Å². The highest BCUT2D eigenvalue weighted by Gasteiger charge is 2.16. The number of ether oxygens (including phenoxy) is 1. The lowest BCUT2D eigenvalue weighted by Crippen LogP contribution is -2.21. The number of hydrogen-bond donors (Lipinski definition) is 1. The maximum absolute atomic E-state index is 12.4. The Labute approximate surface area is 164 Å². The normalized spacial score (nSPS) is 10.3. The van der Waals surface area contributed by atoms with E-state index >= 15 is 0 Å². The van der Waals surface area contributed by atoms with Crippen LogP contribution >= 0.6 is 23.2 Å². The molecule has 0 atom stereocenters. The zero-order valence-electron chi connectivity index (χ0n) is 13.7. The molecule has 1 heterocycles. The highest BCUT2D eigenvalue weighted by molar-refractivity contribution is 6.31. The number of nitrogens with zero attached hydrogens (tertiary/aromatic N) is 2. The summed E-state index contributed by atoms with van der Waals surface area (Å²) in [7, 11) is 0. The van der Waals surface area contributed by atoms with Gasteiger partial charge >= 0.3 is 5.97 Å². The molecule has 3 aromatic rings. The molecule has 8 heteroatoms. The number of nitriles is 1. The van der Waals surface area contributed by atoms with Crippen molar-refractivity contribution in [3.63, 3.8) is 0 Å². The fraction of sp³-hybridized carbons (Fsp3) is 0.0526. The van der Waals surface area contributed by atoms with Crippen molar-refractivity contribution in [2.24, 2.45) is 0 Å². The average molecular weight is 400 g/mol. The lowest BCUT2D eigenvalue weighted by Gasteiger charge is -2.09. The van der Waals surface area contributed by atoms with Crippen LogP contribution in [-0.4, -0.2) is 23.5 Å². The first-order chi connectivity index (χ1) is 13.0. The third-order valence-corrected chi connectivity index (χ3v) is 4.04. The second-order valence-corrected chi connectivity index (χ2v) is 6.26. The van der Waals surface area contributed by atoms with Crippen LogP contribution < -0.4 is 5.32 Å². The molecule has 0 aliphatic rings. The number of nitrogens with one attached hydrogen (secondary N) is 1. The zero-order chi connectivity index (χ0) is 19.4. The number of anilines is 1. The third kappa shape index (κ3) is 4.34. The van der Waals surface area contributed by atoms with Gasteiger partial charge in [-0.1, -0.05) is 41.4 Å². The topological polar surface area (TPSA) is 92.1 Å². The van der Waals surface area contributed by atoms with Gasteiger partial charge in [-0.25, -0.2) is 9.78 Å². The summed E-state index contributed by atoms with van der Waals surface area (Å²) in [4.78, 5) is 28.6. The predicted octanol–water partition coefficient (Wildman–Crippen LogP) is 4.21. The lowest BCUT2D eigenvalue weighted by atomic mass is 10.1. The minimum absolute atomic E-state index is 0.141. The quantitative estimate of drug-likeness (QED) is 0.523. The monoisotopic (exact) mass is 399 g/mol. The number of carbonyl (C=O) groups excluding carboxylic acids is 2. The summed E-state index contributed by atoms with van der Waals surface area (Å²) in [6.45, 7) is -0.537. The number of aromatic nitrogens is 1. The molecule has 27 heavy (non-hydrogen) atoms. The van der Waals surface area contributed by atoms with Gasteiger partial charge in [-0.3, -0.25) is 4.79 Å². The van der Waals surface area contributed by atoms with E-state index in [0.29, 0.717) is 15.9 Å². The Balaban J connectivity index is 1.72. The molecule has 134 valence electrons. The van der Waals surface area contributed by atoms with Crippen LogP contribution in [0.5, 0.6) is 0 Å². The Morgan fingerprint density at radius 3 is 2.70 bits per heavy atom. The molecule has 0 fully saturated rings. The highest BCUT2D eigenvalue weighted by Crippen LogP contribution is 2.22. The second kappa shape index (κ2) is 8.04. The Morgan fingerprint density at radius 1 is 1.15 bits per heavy atom. The first-order valence-electron chi connectivity index (χ1n) is 7.70. The van der Waals surface area contributed by atoms with Crippen molar-refractivity contribution in [3.05, 3.63) is 69.8 Å². The van der Waals surface area contributed by atoms with Gasteiger partial charge in [0.25, 0.3) is 5.91 Å². The fourth-order valence-electron chi connectivity index (χ4n) is 2.42. The molecule has 3 rings (SSSR count). The van der Waals surface area contributed by atoms with E-state index < -0.39 is 18.5 Å². The van der Waals surface area contributed by atoms with E-state index in [0.717, 1.165) is 0 Å². The highest BCUT2D eigenvalue weighted by atomic mass is 35.5. The van der Waals surface area contributed by atoms with E-state index in [1.165, 1.54) is 24.3 Å². The molecule has 0 aliphatic carbocycles. The molecule has 0 saturated heterocycles. The molecular weight excluding hydrogens is 389 g/mol. The molecular formula is C19H11Cl2N3O3. The van der Waals surface area contributed by atoms with Crippen molar-refractivity contribution in [3.8, 4) is 6.07 Å². The molecule has 0 saturated carbocycles. The third-order valence-electron chi connectivity index (χ3n) is 3.62. The predicted molar refractivity (Wildman–Crippen MR) is 102 cm³/mol. The Morgan fingerprint density at radius 2 is 1.93 bits per heavy atom. The van der Waals surface area contributed by atoms with Gasteiger partial charge in [-0.2, -0.15) is 5.26 Å². The molecule has 0 aliphatic heterocycles. The van der Waals surface area contributed by atoms with Crippen LogP contribution in [0.3, 0.4) is 0 Å². The first kappa shape index (κ1) is 18.6. The van der Waals surface area contributed by atoms with Crippen molar-refractivity contribution in [2.45, 2.75) is 0 Å². The van der Waals surface area contributed by atoms with Crippen LogP contribution in [0.4, 0.5) is 5.69 Å². The van der Waals surface area contributed by atoms with Crippen molar-refractivity contribution >= 4 is 51.7 Å². The maximum atomic E-state index is 12.4. The maximum Gasteiger partial charge on any atom is 0.339 e. The summed E-state index contributed by atoms with van der Waals surface area (Å²) in [5.41, 5.74) is 1.23. The lowest BCUT2D eigenvalue weighted by molar-refractivity contribution is -0.119. The van der Waals surface area contributed by atoms with Gasteiger partial charge in [0.05, 0.1) is 22.3 Å². The smallest absolute Gasteiger partial charge is 0.339 e. The van der Waals surface area contributed by atoms with Crippen molar-refractivity contribution in [2.75, 3.05) is 11.9 Å². The minimum Gasteiger partial charge on any atom is -0.452 e. The molecule has 1 aromatic heterocycles. The standard InChI is InChI=1S/C19H11Cl2N3O3/c20-12-6-5-11(9-22)16(7-12)24-18(25)10-27-19(26)14-8-17(21)23-15-4-2-1-3-13(14)15/h1-8H,10H2,(H,24,25). The summed E-state index contributed by atoms with van der Waals surface area (Å²) in [5.74, 6) is -1.32. The van der Waals surface area contributed by atoms with Crippen LogP contribution in [0.15, 0.2) is 48.5 Å². The number of esters is 1. The van der Waals surface area contributed by atoms with Gasteiger partial charge in [0.15, 0.2) is 6.61 Å². The largest absolute Gasteiger partial charge is 0.452 e. The van der Waals surface area contributed by atoms with Gasteiger partial charge in [0.1, 0.15) is 11.2 Å². The van der Waals surface area contributed by atoms with Gasteiger partial charge in [0.2, 0.25) is 0 Å². The van der Waals surface area contributed by atoms with Gasteiger partial charge < -0.3 is 10.1 Å². The number of amides is 1. The number of fused-ring (bicyclic) bond motifs is 1. The van der Waals surface area contributed by atoms with Crippen molar-refractivity contribution in [1.82, 2.24) is 4.98 Å². The van der Waals surface area contributed by atoms with Crippen LogP contribution in [0.1, 0.15) is 15.9 Å². The number of halogens is 2. The number of hydrogen-bond acceptors (Lipinski definition) is 5. The first-order valence-corrected chi connectivity index (χ1v) is 8.45. The SMILES string of the molecule is N#Cc1ccc(Cl)cc1NC(=O)COC(=O)c1cc(Cl)nc2ccccc12. The van der Waals surface area contributed by atoms with Crippen LogP contribution in [0, 0.1) is 11.3 Å². The number of benzene rings is 2. The fourth-order valence-corrected chi connectivity index (χ4v) is 2.80. The van der Waals surface area contributed by atoms with E-state index in [2.05, 4.69) is 10.3 Å². The van der Waals surface area contributed by atoms with E-state index in [-0.39, 0.29) is 22.0 Å². The summed E-state index contributed by atoms with van der Waals surface area (Å²) in [6, 6.07) is 14.7.